The van der Waals surface area contributed by atoms with Crippen LogP contribution in [0.15, 0.2) is 84.6 Å². The quantitative estimate of drug-likeness (QED) is 0.274. The van der Waals surface area contributed by atoms with Crippen LogP contribution in [0.5, 0.6) is 0 Å². The fourth-order valence-electron chi connectivity index (χ4n) is 6.02. The predicted molar refractivity (Wildman–Crippen MR) is 164 cm³/mol. The summed E-state index contributed by atoms with van der Waals surface area (Å²) in [5.41, 5.74) is 2.52. The van der Waals surface area contributed by atoms with Gasteiger partial charge in [-0.3, -0.25) is 14.5 Å². The number of allylic oxidation sites excluding steroid dienone is 1. The third-order valence-electron chi connectivity index (χ3n) is 7.53. The average molecular weight is 768 g/mol. The van der Waals surface area contributed by atoms with Gasteiger partial charge in [-0.15, -0.1) is 11.8 Å². The summed E-state index contributed by atoms with van der Waals surface area (Å²) in [5, 5.41) is 3.13. The number of nitrogens with one attached hydrogen (secondary N) is 1. The Morgan fingerprint density at radius 3 is 2.32 bits per heavy atom. The van der Waals surface area contributed by atoms with Gasteiger partial charge >= 0.3 is 0 Å². The summed E-state index contributed by atoms with van der Waals surface area (Å²) < 4.78 is 3.68. The molecule has 0 aliphatic carbocycles. The summed E-state index contributed by atoms with van der Waals surface area (Å²) in [7, 11) is 0. The van der Waals surface area contributed by atoms with Crippen LogP contribution in [-0.4, -0.2) is 34.3 Å². The van der Waals surface area contributed by atoms with Crippen molar-refractivity contribution in [3.63, 3.8) is 0 Å². The highest BCUT2D eigenvalue weighted by Crippen LogP contribution is 2.61. The molecule has 3 aromatic rings. The maximum atomic E-state index is 14.3. The van der Waals surface area contributed by atoms with Gasteiger partial charge in [-0.25, -0.2) is 0 Å². The zero-order chi connectivity index (χ0) is 25.9. The molecular weight excluding hydrogens is 748 g/mol. The SMILES string of the molecule is O=C(/C=C/c1ccc(Br)cc1)[C@H]1[C@H](c2ccc(Br)cc2)C2CSCN2[C@]12C(=O)Nc1cc(Br)c(Br)cc12. The van der Waals surface area contributed by atoms with Crippen LogP contribution >= 0.6 is 75.5 Å². The Morgan fingerprint density at radius 2 is 1.62 bits per heavy atom. The number of rotatable bonds is 4. The van der Waals surface area contributed by atoms with Crippen molar-refractivity contribution in [2.45, 2.75) is 17.5 Å². The first-order chi connectivity index (χ1) is 17.8. The van der Waals surface area contributed by atoms with Crippen molar-refractivity contribution in [3.05, 3.63) is 101 Å². The van der Waals surface area contributed by atoms with Gasteiger partial charge in [0.25, 0.3) is 0 Å². The first-order valence-electron chi connectivity index (χ1n) is 11.7. The highest BCUT2D eigenvalue weighted by molar-refractivity contribution is 9.13. The molecule has 188 valence electrons. The molecule has 3 heterocycles. The van der Waals surface area contributed by atoms with Gasteiger partial charge in [-0.05, 0) is 85.5 Å². The number of ketones is 1. The molecule has 4 atom stereocenters. The molecule has 2 saturated heterocycles. The van der Waals surface area contributed by atoms with Gasteiger partial charge in [0.1, 0.15) is 5.54 Å². The lowest BCUT2D eigenvalue weighted by atomic mass is 9.70. The molecule has 37 heavy (non-hydrogen) atoms. The van der Waals surface area contributed by atoms with Crippen molar-refractivity contribution in [2.24, 2.45) is 5.92 Å². The molecule has 0 bridgehead atoms. The van der Waals surface area contributed by atoms with E-state index in [4.69, 9.17) is 0 Å². The molecule has 0 aromatic heterocycles. The molecule has 3 aliphatic heterocycles. The van der Waals surface area contributed by atoms with Crippen molar-refractivity contribution in [1.82, 2.24) is 4.90 Å². The van der Waals surface area contributed by atoms with Crippen molar-refractivity contribution in [3.8, 4) is 0 Å². The van der Waals surface area contributed by atoms with Gasteiger partial charge in [0.2, 0.25) is 5.91 Å². The van der Waals surface area contributed by atoms with E-state index in [1.54, 1.807) is 6.08 Å². The van der Waals surface area contributed by atoms with Crippen LogP contribution in [0, 0.1) is 5.92 Å². The zero-order valence-corrected chi connectivity index (χ0v) is 26.4. The predicted octanol–water partition coefficient (Wildman–Crippen LogP) is 7.96. The summed E-state index contributed by atoms with van der Waals surface area (Å²) in [4.78, 5) is 30.7. The topological polar surface area (TPSA) is 49.4 Å². The molecular formula is C28H20Br4N2O2S. The maximum Gasteiger partial charge on any atom is 0.250 e. The number of hydrogen-bond acceptors (Lipinski definition) is 4. The fourth-order valence-corrected chi connectivity index (χ4v) is 8.56. The summed E-state index contributed by atoms with van der Waals surface area (Å²) in [6, 6.07) is 20.0. The van der Waals surface area contributed by atoms with E-state index >= 15 is 0 Å². The van der Waals surface area contributed by atoms with Gasteiger partial charge in [0.05, 0.1) is 5.92 Å². The van der Waals surface area contributed by atoms with E-state index in [0.717, 1.165) is 46.0 Å². The smallest absolute Gasteiger partial charge is 0.250 e. The highest BCUT2D eigenvalue weighted by Gasteiger charge is 2.69. The third kappa shape index (κ3) is 4.25. The molecule has 2 fully saturated rings. The van der Waals surface area contributed by atoms with Crippen molar-refractivity contribution in [1.29, 1.82) is 0 Å². The Morgan fingerprint density at radius 1 is 0.973 bits per heavy atom. The average Bonchev–Trinajstić information content (AvgIpc) is 3.53. The van der Waals surface area contributed by atoms with Gasteiger partial charge in [-0.1, -0.05) is 62.2 Å². The number of carbonyl (C=O) groups is 2. The van der Waals surface area contributed by atoms with Gasteiger partial charge in [-0.2, -0.15) is 0 Å². The van der Waals surface area contributed by atoms with E-state index in [1.165, 1.54) is 0 Å². The Kier molecular flexibility index (Phi) is 7.08. The minimum absolute atomic E-state index is 0.0442. The second-order valence-electron chi connectivity index (χ2n) is 9.41. The van der Waals surface area contributed by atoms with Crippen LogP contribution < -0.4 is 5.32 Å². The molecule has 3 aliphatic rings. The van der Waals surface area contributed by atoms with Crippen LogP contribution in [0.25, 0.3) is 6.08 Å². The number of hydrogen-bond donors (Lipinski definition) is 1. The van der Waals surface area contributed by atoms with Gasteiger partial charge < -0.3 is 5.32 Å². The minimum Gasteiger partial charge on any atom is -0.324 e. The third-order valence-corrected chi connectivity index (χ3v) is 11.5. The van der Waals surface area contributed by atoms with Crippen LogP contribution in [0.3, 0.4) is 0 Å². The molecule has 0 saturated carbocycles. The number of thioether (sulfide) groups is 1. The number of nitrogens with zero attached hydrogens (tertiary/aromatic N) is 1. The molecule has 1 N–H and O–H groups in total. The fraction of sp³-hybridized carbons (Fsp3) is 0.214. The second-order valence-corrected chi connectivity index (χ2v) is 14.0. The summed E-state index contributed by atoms with van der Waals surface area (Å²) in [6.45, 7) is 0. The minimum atomic E-state index is -1.09. The lowest BCUT2D eigenvalue weighted by molar-refractivity contribution is -0.134. The van der Waals surface area contributed by atoms with Crippen LogP contribution in [0.4, 0.5) is 5.69 Å². The Balaban J connectivity index is 1.54. The molecule has 3 aromatic carbocycles. The van der Waals surface area contributed by atoms with Gasteiger partial charge in [0, 0.05) is 52.7 Å². The number of benzene rings is 3. The molecule has 4 nitrogen and oxygen atoms in total. The highest BCUT2D eigenvalue weighted by atomic mass is 79.9. The van der Waals surface area contributed by atoms with Crippen LogP contribution in [-0.2, 0) is 15.1 Å². The molecule has 1 spiro atoms. The number of amides is 1. The zero-order valence-electron chi connectivity index (χ0n) is 19.3. The maximum absolute atomic E-state index is 14.3. The molecule has 0 radical (unpaired) electrons. The first-order valence-corrected chi connectivity index (χ1v) is 16.0. The molecule has 1 unspecified atom stereocenters. The van der Waals surface area contributed by atoms with Gasteiger partial charge in [0.15, 0.2) is 5.78 Å². The summed E-state index contributed by atoms with van der Waals surface area (Å²) >= 11 is 16.1. The van der Waals surface area contributed by atoms with Crippen molar-refractivity contribution < 1.29 is 9.59 Å². The lowest BCUT2D eigenvalue weighted by Gasteiger charge is -2.36. The number of fused-ring (bicyclic) bond motifs is 4. The Bertz CT molecular complexity index is 1440. The van der Waals surface area contributed by atoms with E-state index in [1.807, 2.05) is 66.4 Å². The standard InChI is InChI=1S/C28H20Br4N2O2S/c29-17-6-1-15(2-7-17)3-10-24(35)26-25(16-4-8-18(30)9-5-16)23-13-37-14-34(23)28(26)19-11-20(31)21(32)12-22(19)33-27(28)36/h1-12,23,25-26H,13-14H2,(H,33,36)/b10-3+/t23?,25-,26+,28+/m1/s1. The molecule has 1 amide bonds. The number of halogens is 4. The molecule has 6 rings (SSSR count). The monoisotopic (exact) mass is 764 g/mol. The lowest BCUT2D eigenvalue weighted by Crippen LogP contribution is -2.52. The Labute approximate surface area is 253 Å². The first kappa shape index (κ1) is 26.0. The number of anilines is 1. The number of carbonyl (C=O) groups excluding carboxylic acids is 2. The normalized spacial score (nSPS) is 26.6. The van der Waals surface area contributed by atoms with E-state index in [-0.39, 0.29) is 23.7 Å². The van der Waals surface area contributed by atoms with E-state index in [9.17, 15) is 9.59 Å². The van der Waals surface area contributed by atoms with E-state index in [0.29, 0.717) is 5.88 Å². The summed E-state index contributed by atoms with van der Waals surface area (Å²) in [6.07, 6.45) is 3.51. The second kappa shape index (κ2) is 10.1. The van der Waals surface area contributed by atoms with E-state index < -0.39 is 11.5 Å². The van der Waals surface area contributed by atoms with Crippen molar-refractivity contribution >= 4 is 98.9 Å². The molecule has 9 heteroatoms. The van der Waals surface area contributed by atoms with Crippen LogP contribution in [0.1, 0.15) is 22.6 Å². The largest absolute Gasteiger partial charge is 0.324 e. The van der Waals surface area contributed by atoms with E-state index in [2.05, 4.69) is 86.1 Å². The Hall–Kier alpha value is -1.23. The summed E-state index contributed by atoms with van der Waals surface area (Å²) in [5.74, 6) is 0.665. The van der Waals surface area contributed by atoms with Crippen molar-refractivity contribution in [2.75, 3.05) is 16.9 Å². The van der Waals surface area contributed by atoms with Crippen LogP contribution in [0.2, 0.25) is 0 Å².